The van der Waals surface area contributed by atoms with E-state index in [2.05, 4.69) is 15.6 Å². The molecule has 0 aromatic rings. The second-order valence-corrected chi connectivity index (χ2v) is 5.61. The predicted molar refractivity (Wildman–Crippen MR) is 82.1 cm³/mol. The van der Waals surface area contributed by atoms with Crippen molar-refractivity contribution in [2.45, 2.75) is 45.3 Å². The van der Waals surface area contributed by atoms with Crippen molar-refractivity contribution in [3.63, 3.8) is 0 Å². The lowest BCUT2D eigenvalue weighted by Gasteiger charge is -2.19. The second-order valence-electron chi connectivity index (χ2n) is 5.61. The zero-order valence-electron chi connectivity index (χ0n) is 13.2. The number of amides is 2. The Bertz CT molecular complexity index is 413. The third-order valence-electron chi connectivity index (χ3n) is 2.27. The summed E-state index contributed by atoms with van der Waals surface area (Å²) in [6, 6.07) is -0.651. The summed E-state index contributed by atoms with van der Waals surface area (Å²) in [5.41, 5.74) is 9.70. The van der Waals surface area contributed by atoms with Crippen LogP contribution in [0.15, 0.2) is 4.99 Å². The summed E-state index contributed by atoms with van der Waals surface area (Å²) in [6.07, 6.45) is 0.874. The number of rotatable bonds is 8. The molecule has 0 aliphatic carbocycles. The number of hydrogen-bond donors (Lipinski definition) is 4. The fourth-order valence-electron chi connectivity index (χ4n) is 1.42. The van der Waals surface area contributed by atoms with Crippen LogP contribution in [0.2, 0.25) is 0 Å². The number of ether oxygens (including phenoxy) is 1. The van der Waals surface area contributed by atoms with Crippen molar-refractivity contribution in [1.82, 2.24) is 10.6 Å². The predicted octanol–water partition coefficient (Wildman–Crippen LogP) is -0.752. The smallest absolute Gasteiger partial charge is 0.408 e. The average molecular weight is 315 g/mol. The summed E-state index contributed by atoms with van der Waals surface area (Å²) >= 11 is 0. The first-order chi connectivity index (χ1) is 10.1. The normalized spacial score (nSPS) is 12.0. The van der Waals surface area contributed by atoms with Crippen LogP contribution in [0.25, 0.3) is 0 Å². The molecule has 0 aromatic heterocycles. The molecule has 22 heavy (non-hydrogen) atoms. The molecule has 0 aliphatic rings. The lowest BCUT2D eigenvalue weighted by molar-refractivity contribution is -0.123. The van der Waals surface area contributed by atoms with Gasteiger partial charge in [0.05, 0.1) is 6.04 Å². The van der Waals surface area contributed by atoms with Gasteiger partial charge in [0.1, 0.15) is 18.4 Å². The molecule has 0 saturated carbocycles. The number of carbonyl (C=O) groups is 3. The Morgan fingerprint density at radius 3 is 2.45 bits per heavy atom. The van der Waals surface area contributed by atoms with Crippen LogP contribution in [0.5, 0.6) is 0 Å². The van der Waals surface area contributed by atoms with Gasteiger partial charge in [0, 0.05) is 6.54 Å². The van der Waals surface area contributed by atoms with Crippen LogP contribution in [0.4, 0.5) is 4.79 Å². The van der Waals surface area contributed by atoms with Crippen LogP contribution >= 0.6 is 0 Å². The minimum atomic E-state index is -0.696. The van der Waals surface area contributed by atoms with Gasteiger partial charge in [0.2, 0.25) is 5.91 Å². The van der Waals surface area contributed by atoms with Crippen molar-refractivity contribution in [3.05, 3.63) is 0 Å². The number of alkyl carbamates (subject to hydrolysis) is 1. The summed E-state index contributed by atoms with van der Waals surface area (Å²) in [7, 11) is 0. The molecule has 2 amide bonds. The molecule has 0 aliphatic heterocycles. The lowest BCUT2D eigenvalue weighted by atomic mass is 10.2. The highest BCUT2D eigenvalue weighted by Gasteiger charge is 2.17. The highest BCUT2D eigenvalue weighted by atomic mass is 16.6. The largest absolute Gasteiger partial charge is 0.444 e. The van der Waals surface area contributed by atoms with E-state index in [0.717, 1.165) is 0 Å². The van der Waals surface area contributed by atoms with Crippen LogP contribution in [0.1, 0.15) is 33.6 Å². The van der Waals surface area contributed by atoms with Gasteiger partial charge in [0.25, 0.3) is 0 Å². The monoisotopic (exact) mass is 315 g/mol. The Labute approximate surface area is 129 Å². The van der Waals surface area contributed by atoms with E-state index in [-0.39, 0.29) is 12.5 Å². The van der Waals surface area contributed by atoms with E-state index in [0.29, 0.717) is 25.7 Å². The first-order valence-electron chi connectivity index (χ1n) is 6.91. The topological polar surface area (TPSA) is 149 Å². The van der Waals surface area contributed by atoms with Gasteiger partial charge in [-0.25, -0.2) is 4.79 Å². The Morgan fingerprint density at radius 2 is 1.95 bits per heavy atom. The standard InChI is InChI=1S/C13H25N5O4/c1-13(2,3)22-12(21)17-7-10(20)18-9(8-19)5-4-6-16-11(14)15/h8-9H,4-7H2,1-3H3,(H,17,21)(H,18,20)(H4,14,15,16). The molecule has 0 heterocycles. The van der Waals surface area contributed by atoms with E-state index >= 15 is 0 Å². The van der Waals surface area contributed by atoms with Crippen LogP contribution in [-0.2, 0) is 14.3 Å². The summed E-state index contributed by atoms with van der Waals surface area (Å²) in [4.78, 5) is 37.6. The molecule has 126 valence electrons. The van der Waals surface area contributed by atoms with Gasteiger partial charge in [-0.05, 0) is 33.6 Å². The highest BCUT2D eigenvalue weighted by molar-refractivity contribution is 5.84. The third-order valence-corrected chi connectivity index (χ3v) is 2.27. The second kappa shape index (κ2) is 9.59. The third kappa shape index (κ3) is 11.5. The fraction of sp³-hybridized carbons (Fsp3) is 0.692. The molecule has 6 N–H and O–H groups in total. The molecule has 0 saturated heterocycles. The van der Waals surface area contributed by atoms with Gasteiger partial charge in [-0.1, -0.05) is 0 Å². The van der Waals surface area contributed by atoms with Crippen LogP contribution in [0, 0.1) is 0 Å². The van der Waals surface area contributed by atoms with E-state index in [9.17, 15) is 14.4 Å². The number of aliphatic imine (C=N–C) groups is 1. The van der Waals surface area contributed by atoms with Crippen molar-refractivity contribution < 1.29 is 19.1 Å². The molecule has 1 atom stereocenters. The summed E-state index contributed by atoms with van der Waals surface area (Å²) in [5.74, 6) is -0.502. The summed E-state index contributed by atoms with van der Waals surface area (Å²) in [6.45, 7) is 5.24. The van der Waals surface area contributed by atoms with Gasteiger partial charge < -0.3 is 31.6 Å². The maximum atomic E-state index is 11.6. The summed E-state index contributed by atoms with van der Waals surface area (Å²) in [5, 5.41) is 4.79. The highest BCUT2D eigenvalue weighted by Crippen LogP contribution is 2.06. The van der Waals surface area contributed by atoms with E-state index in [4.69, 9.17) is 16.2 Å². The molecule has 0 rings (SSSR count). The molecule has 9 heteroatoms. The fourth-order valence-corrected chi connectivity index (χ4v) is 1.42. The number of guanidine groups is 1. The molecule has 9 nitrogen and oxygen atoms in total. The van der Waals surface area contributed by atoms with Crippen LogP contribution in [0.3, 0.4) is 0 Å². The molecule has 0 radical (unpaired) electrons. The molecule has 0 fully saturated rings. The van der Waals surface area contributed by atoms with Gasteiger partial charge in [-0.3, -0.25) is 9.79 Å². The Kier molecular flexibility index (Phi) is 8.58. The first kappa shape index (κ1) is 19.7. The Hall–Kier alpha value is -2.32. The average Bonchev–Trinajstić information content (AvgIpc) is 2.37. The van der Waals surface area contributed by atoms with Crippen LogP contribution in [-0.4, -0.2) is 49.0 Å². The van der Waals surface area contributed by atoms with E-state index in [1.165, 1.54) is 0 Å². The number of hydrogen-bond acceptors (Lipinski definition) is 5. The Balaban J connectivity index is 4.03. The molecular weight excluding hydrogens is 290 g/mol. The number of carbonyl (C=O) groups excluding carboxylic acids is 3. The molecular formula is C13H25N5O4. The van der Waals surface area contributed by atoms with Crippen LogP contribution < -0.4 is 22.1 Å². The van der Waals surface area contributed by atoms with E-state index < -0.39 is 23.6 Å². The number of nitrogens with one attached hydrogen (secondary N) is 2. The van der Waals surface area contributed by atoms with Gasteiger partial charge in [0.15, 0.2) is 5.96 Å². The van der Waals surface area contributed by atoms with Gasteiger partial charge >= 0.3 is 6.09 Å². The molecule has 0 spiro atoms. The Morgan fingerprint density at radius 1 is 1.32 bits per heavy atom. The molecule has 1 unspecified atom stereocenters. The van der Waals surface area contributed by atoms with Gasteiger partial charge in [-0.15, -0.1) is 0 Å². The molecule has 0 aromatic carbocycles. The zero-order chi connectivity index (χ0) is 17.2. The van der Waals surface area contributed by atoms with Crippen molar-refractivity contribution in [2.24, 2.45) is 16.5 Å². The van der Waals surface area contributed by atoms with Crippen molar-refractivity contribution in [3.8, 4) is 0 Å². The minimum absolute atomic E-state index is 0.0201. The maximum absolute atomic E-state index is 11.6. The van der Waals surface area contributed by atoms with Gasteiger partial charge in [-0.2, -0.15) is 0 Å². The quantitative estimate of drug-likeness (QED) is 0.200. The van der Waals surface area contributed by atoms with E-state index in [1.807, 2.05) is 0 Å². The minimum Gasteiger partial charge on any atom is -0.444 e. The number of aldehydes is 1. The SMILES string of the molecule is CC(C)(C)OC(=O)NCC(=O)NC(C=O)CCCN=C(N)N. The maximum Gasteiger partial charge on any atom is 0.408 e. The van der Waals surface area contributed by atoms with Crippen molar-refractivity contribution in [1.29, 1.82) is 0 Å². The number of nitrogens with zero attached hydrogens (tertiary/aromatic N) is 1. The van der Waals surface area contributed by atoms with E-state index in [1.54, 1.807) is 20.8 Å². The number of nitrogens with two attached hydrogens (primary N) is 2. The lowest BCUT2D eigenvalue weighted by Crippen LogP contribution is -2.43. The summed E-state index contributed by atoms with van der Waals surface area (Å²) < 4.78 is 4.98. The van der Waals surface area contributed by atoms with Crippen molar-refractivity contribution in [2.75, 3.05) is 13.1 Å². The zero-order valence-corrected chi connectivity index (χ0v) is 13.2. The molecule has 0 bridgehead atoms. The van der Waals surface area contributed by atoms with Crippen molar-refractivity contribution >= 4 is 24.2 Å². The first-order valence-corrected chi connectivity index (χ1v) is 6.91.